The second-order valence-corrected chi connectivity index (χ2v) is 4.12. The lowest BCUT2D eigenvalue weighted by atomic mass is 10.1. The van der Waals surface area contributed by atoms with Gasteiger partial charge in [0.2, 0.25) is 0 Å². The summed E-state index contributed by atoms with van der Waals surface area (Å²) < 4.78 is 0. The van der Waals surface area contributed by atoms with Gasteiger partial charge in [0.1, 0.15) is 0 Å². The van der Waals surface area contributed by atoms with Gasteiger partial charge in [-0.25, -0.2) is 0 Å². The maximum atomic E-state index is 5.90. The Labute approximate surface area is 90.4 Å². The van der Waals surface area contributed by atoms with E-state index in [1.165, 1.54) is 5.56 Å². The van der Waals surface area contributed by atoms with Crippen LogP contribution < -0.4 is 11.1 Å². The van der Waals surface area contributed by atoms with Crippen molar-refractivity contribution in [2.24, 2.45) is 11.7 Å². The van der Waals surface area contributed by atoms with Crippen molar-refractivity contribution in [1.82, 2.24) is 0 Å². The van der Waals surface area contributed by atoms with E-state index in [0.29, 0.717) is 12.5 Å². The van der Waals surface area contributed by atoms with Crippen LogP contribution in [0.2, 0.25) is 5.02 Å². The molecule has 3 heteroatoms. The molecule has 0 radical (unpaired) electrons. The number of hydrogen-bond acceptors (Lipinski definition) is 2. The van der Waals surface area contributed by atoms with E-state index in [2.05, 4.69) is 19.2 Å². The molecule has 1 unspecified atom stereocenters. The summed E-state index contributed by atoms with van der Waals surface area (Å²) in [6, 6.07) is 5.85. The van der Waals surface area contributed by atoms with E-state index in [1.54, 1.807) is 0 Å². The molecule has 0 aromatic heterocycles. The van der Waals surface area contributed by atoms with Crippen molar-refractivity contribution in [1.29, 1.82) is 0 Å². The van der Waals surface area contributed by atoms with Crippen molar-refractivity contribution in [3.63, 3.8) is 0 Å². The Bertz CT molecular complexity index is 299. The van der Waals surface area contributed by atoms with Crippen LogP contribution in [-0.2, 0) is 0 Å². The standard InChI is InChI=1S/C11H17ClN2/c1-8(6-13)7-14-11-5-10(12)4-3-9(11)2/h3-5,8,14H,6-7,13H2,1-2H3. The molecular weight excluding hydrogens is 196 g/mol. The van der Waals surface area contributed by atoms with Crippen LogP contribution in [0.4, 0.5) is 5.69 Å². The minimum atomic E-state index is 0.480. The summed E-state index contributed by atoms with van der Waals surface area (Å²) in [6.45, 7) is 5.77. The monoisotopic (exact) mass is 212 g/mol. The fraction of sp³-hybridized carbons (Fsp3) is 0.455. The van der Waals surface area contributed by atoms with Crippen molar-refractivity contribution < 1.29 is 0 Å². The highest BCUT2D eigenvalue weighted by atomic mass is 35.5. The normalized spacial score (nSPS) is 12.6. The summed E-state index contributed by atoms with van der Waals surface area (Å²) in [6.07, 6.45) is 0. The molecule has 0 fully saturated rings. The summed E-state index contributed by atoms with van der Waals surface area (Å²) in [5.41, 5.74) is 7.84. The predicted molar refractivity (Wildman–Crippen MR) is 62.9 cm³/mol. The smallest absolute Gasteiger partial charge is 0.0426 e. The third-order valence-electron chi connectivity index (χ3n) is 2.24. The minimum Gasteiger partial charge on any atom is -0.384 e. The summed E-state index contributed by atoms with van der Waals surface area (Å²) in [7, 11) is 0. The molecule has 0 aliphatic heterocycles. The molecule has 1 rings (SSSR count). The van der Waals surface area contributed by atoms with Crippen molar-refractivity contribution in [2.75, 3.05) is 18.4 Å². The van der Waals surface area contributed by atoms with Crippen LogP contribution in [0, 0.1) is 12.8 Å². The topological polar surface area (TPSA) is 38.0 Å². The summed E-state index contributed by atoms with van der Waals surface area (Å²) in [5.74, 6) is 0.480. The molecule has 0 saturated carbocycles. The molecule has 0 aliphatic rings. The van der Waals surface area contributed by atoms with Crippen LogP contribution >= 0.6 is 11.6 Å². The van der Waals surface area contributed by atoms with Crippen LogP contribution in [0.5, 0.6) is 0 Å². The van der Waals surface area contributed by atoms with Crippen LogP contribution in [-0.4, -0.2) is 13.1 Å². The van der Waals surface area contributed by atoms with Crippen molar-refractivity contribution in [3.8, 4) is 0 Å². The molecule has 1 aromatic rings. The van der Waals surface area contributed by atoms with Gasteiger partial charge in [0.05, 0.1) is 0 Å². The molecule has 3 N–H and O–H groups in total. The third-order valence-corrected chi connectivity index (χ3v) is 2.48. The third kappa shape index (κ3) is 3.20. The zero-order valence-corrected chi connectivity index (χ0v) is 9.43. The zero-order valence-electron chi connectivity index (χ0n) is 8.68. The molecule has 1 atom stereocenters. The molecule has 78 valence electrons. The first kappa shape index (κ1) is 11.3. The number of rotatable bonds is 4. The van der Waals surface area contributed by atoms with E-state index >= 15 is 0 Å². The van der Waals surface area contributed by atoms with Gasteiger partial charge in [0, 0.05) is 17.3 Å². The average molecular weight is 213 g/mol. The predicted octanol–water partition coefficient (Wildman–Crippen LogP) is 2.66. The van der Waals surface area contributed by atoms with Gasteiger partial charge < -0.3 is 11.1 Å². The first-order valence-electron chi connectivity index (χ1n) is 4.83. The average Bonchev–Trinajstić information content (AvgIpc) is 2.19. The molecule has 0 aliphatic carbocycles. The number of nitrogens with two attached hydrogens (primary N) is 1. The SMILES string of the molecule is Cc1ccc(Cl)cc1NCC(C)CN. The fourth-order valence-electron chi connectivity index (χ4n) is 1.15. The number of benzene rings is 1. The van der Waals surface area contributed by atoms with Crippen molar-refractivity contribution in [2.45, 2.75) is 13.8 Å². The van der Waals surface area contributed by atoms with Crippen molar-refractivity contribution >= 4 is 17.3 Å². The highest BCUT2D eigenvalue weighted by Crippen LogP contribution is 2.20. The summed E-state index contributed by atoms with van der Waals surface area (Å²) >= 11 is 5.90. The molecule has 0 heterocycles. The summed E-state index contributed by atoms with van der Waals surface area (Å²) in [4.78, 5) is 0. The molecule has 0 amide bonds. The van der Waals surface area contributed by atoms with E-state index in [9.17, 15) is 0 Å². The molecule has 0 bridgehead atoms. The molecule has 2 nitrogen and oxygen atoms in total. The Morgan fingerprint density at radius 2 is 2.21 bits per heavy atom. The van der Waals surface area contributed by atoms with Crippen LogP contribution in [0.1, 0.15) is 12.5 Å². The number of nitrogens with one attached hydrogen (secondary N) is 1. The lowest BCUT2D eigenvalue weighted by molar-refractivity contribution is 0.628. The maximum Gasteiger partial charge on any atom is 0.0426 e. The Morgan fingerprint density at radius 1 is 1.50 bits per heavy atom. The van der Waals surface area contributed by atoms with Gasteiger partial charge in [0.25, 0.3) is 0 Å². The number of hydrogen-bond donors (Lipinski definition) is 2. The number of halogens is 1. The number of aryl methyl sites for hydroxylation is 1. The Hall–Kier alpha value is -0.730. The van der Waals surface area contributed by atoms with Gasteiger partial charge in [-0.1, -0.05) is 24.6 Å². The van der Waals surface area contributed by atoms with Crippen LogP contribution in [0.3, 0.4) is 0 Å². The molecule has 1 aromatic carbocycles. The maximum absolute atomic E-state index is 5.90. The second kappa shape index (κ2) is 5.23. The molecule has 14 heavy (non-hydrogen) atoms. The molecular formula is C11H17ClN2. The quantitative estimate of drug-likeness (QED) is 0.806. The number of anilines is 1. The van der Waals surface area contributed by atoms with Gasteiger partial charge >= 0.3 is 0 Å². The van der Waals surface area contributed by atoms with E-state index in [0.717, 1.165) is 17.3 Å². The van der Waals surface area contributed by atoms with Gasteiger partial charge in [-0.15, -0.1) is 0 Å². The molecule has 0 spiro atoms. The van der Waals surface area contributed by atoms with Gasteiger partial charge in [0.15, 0.2) is 0 Å². The van der Waals surface area contributed by atoms with Crippen LogP contribution in [0.25, 0.3) is 0 Å². The highest BCUT2D eigenvalue weighted by molar-refractivity contribution is 6.30. The van der Waals surface area contributed by atoms with E-state index < -0.39 is 0 Å². The van der Waals surface area contributed by atoms with Gasteiger partial charge in [-0.2, -0.15) is 0 Å². The van der Waals surface area contributed by atoms with Crippen molar-refractivity contribution in [3.05, 3.63) is 28.8 Å². The lowest BCUT2D eigenvalue weighted by Gasteiger charge is -2.13. The fourth-order valence-corrected chi connectivity index (χ4v) is 1.32. The Morgan fingerprint density at radius 3 is 2.86 bits per heavy atom. The first-order valence-corrected chi connectivity index (χ1v) is 5.21. The first-order chi connectivity index (χ1) is 6.63. The van der Waals surface area contributed by atoms with Gasteiger partial charge in [-0.3, -0.25) is 0 Å². The Balaban J connectivity index is 2.62. The largest absolute Gasteiger partial charge is 0.384 e. The minimum absolute atomic E-state index is 0.480. The van der Waals surface area contributed by atoms with E-state index in [1.807, 2.05) is 18.2 Å². The van der Waals surface area contributed by atoms with E-state index in [-0.39, 0.29) is 0 Å². The summed E-state index contributed by atoms with van der Waals surface area (Å²) in [5, 5.41) is 4.10. The van der Waals surface area contributed by atoms with Crippen LogP contribution in [0.15, 0.2) is 18.2 Å². The van der Waals surface area contributed by atoms with Gasteiger partial charge in [-0.05, 0) is 37.1 Å². The van der Waals surface area contributed by atoms with E-state index in [4.69, 9.17) is 17.3 Å². The lowest BCUT2D eigenvalue weighted by Crippen LogP contribution is -2.20. The second-order valence-electron chi connectivity index (χ2n) is 3.68. The Kier molecular flexibility index (Phi) is 4.23. The zero-order chi connectivity index (χ0) is 10.6. The highest BCUT2D eigenvalue weighted by Gasteiger charge is 2.01. The molecule has 0 saturated heterocycles.